The zero-order valence-electron chi connectivity index (χ0n) is 16.6. The van der Waals surface area contributed by atoms with Crippen molar-refractivity contribution in [2.75, 3.05) is 6.61 Å². The maximum absolute atomic E-state index is 12.4. The van der Waals surface area contributed by atoms with Crippen LogP contribution in [0.25, 0.3) is 6.08 Å². The van der Waals surface area contributed by atoms with Crippen LogP contribution in [0.4, 0.5) is 0 Å². The lowest BCUT2D eigenvalue weighted by molar-refractivity contribution is -0.139. The van der Waals surface area contributed by atoms with Gasteiger partial charge in [0.05, 0.1) is 18.2 Å². The zero-order chi connectivity index (χ0) is 21.7. The molecule has 0 bridgehead atoms. The Kier molecular flexibility index (Phi) is 7.03. The van der Waals surface area contributed by atoms with E-state index in [-0.39, 0.29) is 12.4 Å². The molecule has 3 rings (SSSR count). The first-order valence-corrected chi connectivity index (χ1v) is 10.2. The number of thiocarbonyl (C=S) groups is 1. The van der Waals surface area contributed by atoms with Crippen molar-refractivity contribution < 1.29 is 14.3 Å². The van der Waals surface area contributed by atoms with Gasteiger partial charge in [0.25, 0.3) is 0 Å². The predicted octanol–water partition coefficient (Wildman–Crippen LogP) is 4.59. The number of hydrogen-bond donors (Lipinski definition) is 2. The molecule has 0 spiro atoms. The first-order valence-electron chi connectivity index (χ1n) is 9.42. The number of hydrogen-bond acceptors (Lipinski definition) is 4. The molecule has 1 unspecified atom stereocenters. The minimum atomic E-state index is -0.413. The van der Waals surface area contributed by atoms with Gasteiger partial charge in [-0.25, -0.2) is 4.79 Å². The van der Waals surface area contributed by atoms with Crippen molar-refractivity contribution in [3.63, 3.8) is 0 Å². The monoisotopic (exact) mass is 440 g/mol. The molecule has 1 atom stereocenters. The van der Waals surface area contributed by atoms with Gasteiger partial charge in [0.2, 0.25) is 0 Å². The van der Waals surface area contributed by atoms with E-state index in [1.807, 2.05) is 24.3 Å². The van der Waals surface area contributed by atoms with Gasteiger partial charge in [-0.3, -0.25) is 4.79 Å². The number of ether oxygens (including phenoxy) is 1. The van der Waals surface area contributed by atoms with Crippen molar-refractivity contribution >= 4 is 46.8 Å². The first-order chi connectivity index (χ1) is 14.4. The molecule has 0 aliphatic carbocycles. The summed E-state index contributed by atoms with van der Waals surface area (Å²) in [6, 6.07) is 13.9. The molecule has 2 N–H and O–H groups in total. The molecular weight excluding hydrogens is 420 g/mol. The summed E-state index contributed by atoms with van der Waals surface area (Å²) >= 11 is 11.2. The van der Waals surface area contributed by atoms with Crippen LogP contribution in [-0.4, -0.2) is 23.5 Å². The summed E-state index contributed by atoms with van der Waals surface area (Å²) in [5, 5.41) is 7.07. The van der Waals surface area contributed by atoms with E-state index in [1.165, 1.54) is 6.08 Å². The molecule has 0 saturated carbocycles. The molecule has 2 aromatic rings. The molecule has 0 amide bonds. The summed E-state index contributed by atoms with van der Waals surface area (Å²) < 4.78 is 5.20. The van der Waals surface area contributed by atoms with Crippen LogP contribution in [-0.2, 0) is 9.53 Å². The lowest BCUT2D eigenvalue weighted by Gasteiger charge is -2.29. The molecule has 0 aromatic heterocycles. The third kappa shape index (κ3) is 5.14. The van der Waals surface area contributed by atoms with Crippen molar-refractivity contribution in [1.82, 2.24) is 10.6 Å². The molecule has 0 fully saturated rings. The number of rotatable bonds is 6. The molecule has 5 nitrogen and oxygen atoms in total. The fraction of sp³-hybridized carbons (Fsp3) is 0.174. The van der Waals surface area contributed by atoms with Gasteiger partial charge in [0.15, 0.2) is 10.9 Å². The van der Waals surface area contributed by atoms with Crippen LogP contribution in [0.1, 0.15) is 41.4 Å². The van der Waals surface area contributed by atoms with Gasteiger partial charge < -0.3 is 15.4 Å². The van der Waals surface area contributed by atoms with Crippen LogP contribution >= 0.6 is 23.8 Å². The maximum atomic E-state index is 12.4. The highest BCUT2D eigenvalue weighted by Crippen LogP contribution is 2.28. The Morgan fingerprint density at radius 1 is 1.20 bits per heavy atom. The Morgan fingerprint density at radius 3 is 2.60 bits per heavy atom. The standard InChI is InChI=1S/C23H21ClN2O3S/c1-3-29-22(28)20-14(2)25-23(30)26-21(20)16-10-7-15(8-11-16)9-12-19(27)17-5-4-6-18(24)13-17/h4-13,21H,3H2,1-2H3,(H2,25,26,30)/b12-9+. The quantitative estimate of drug-likeness (QED) is 0.296. The van der Waals surface area contributed by atoms with E-state index in [0.717, 1.165) is 11.1 Å². The predicted molar refractivity (Wildman–Crippen MR) is 122 cm³/mol. The average molecular weight is 441 g/mol. The van der Waals surface area contributed by atoms with Gasteiger partial charge >= 0.3 is 5.97 Å². The molecule has 30 heavy (non-hydrogen) atoms. The number of allylic oxidation sites excluding steroid dienone is 2. The highest BCUT2D eigenvalue weighted by atomic mass is 35.5. The maximum Gasteiger partial charge on any atom is 0.338 e. The minimum Gasteiger partial charge on any atom is -0.463 e. The number of ketones is 1. The molecule has 2 aromatic carbocycles. The van der Waals surface area contributed by atoms with E-state index < -0.39 is 12.0 Å². The van der Waals surface area contributed by atoms with Crippen LogP contribution in [0.15, 0.2) is 65.9 Å². The van der Waals surface area contributed by atoms with E-state index in [1.54, 1.807) is 44.2 Å². The van der Waals surface area contributed by atoms with E-state index in [0.29, 0.717) is 27.0 Å². The normalized spacial score (nSPS) is 16.2. The Morgan fingerprint density at radius 2 is 1.93 bits per heavy atom. The Hall–Kier alpha value is -2.96. The Bertz CT molecular complexity index is 1040. The molecule has 1 aliphatic heterocycles. The zero-order valence-corrected chi connectivity index (χ0v) is 18.1. The van der Waals surface area contributed by atoms with E-state index in [2.05, 4.69) is 10.6 Å². The number of halogens is 1. The third-order valence-electron chi connectivity index (χ3n) is 4.57. The second-order valence-corrected chi connectivity index (χ2v) is 7.51. The van der Waals surface area contributed by atoms with Crippen LogP contribution in [0, 0.1) is 0 Å². The molecule has 0 saturated heterocycles. The SMILES string of the molecule is CCOC(=O)C1=C(C)NC(=S)NC1c1ccc(/C=C/C(=O)c2cccc(Cl)c2)cc1. The van der Waals surface area contributed by atoms with Crippen LogP contribution in [0.2, 0.25) is 5.02 Å². The van der Waals surface area contributed by atoms with Crippen LogP contribution in [0.3, 0.4) is 0 Å². The second kappa shape index (κ2) is 9.69. The van der Waals surface area contributed by atoms with Gasteiger partial charge in [-0.15, -0.1) is 0 Å². The van der Waals surface area contributed by atoms with Crippen LogP contribution in [0.5, 0.6) is 0 Å². The first kappa shape index (κ1) is 21.7. The number of esters is 1. The Labute approximate surface area is 185 Å². The molecule has 154 valence electrons. The fourth-order valence-electron chi connectivity index (χ4n) is 3.13. The Balaban J connectivity index is 1.80. The van der Waals surface area contributed by atoms with Gasteiger partial charge in [-0.2, -0.15) is 0 Å². The summed E-state index contributed by atoms with van der Waals surface area (Å²) in [5.41, 5.74) is 3.40. The van der Waals surface area contributed by atoms with Crippen LogP contribution < -0.4 is 10.6 Å². The summed E-state index contributed by atoms with van der Waals surface area (Å²) in [4.78, 5) is 24.7. The number of carbonyl (C=O) groups excluding carboxylic acids is 2. The van der Waals surface area contributed by atoms with E-state index >= 15 is 0 Å². The lowest BCUT2D eigenvalue weighted by atomic mass is 9.95. The summed E-state index contributed by atoms with van der Waals surface area (Å²) in [7, 11) is 0. The van der Waals surface area contributed by atoms with Crippen molar-refractivity contribution in [3.8, 4) is 0 Å². The van der Waals surface area contributed by atoms with Crippen molar-refractivity contribution in [2.45, 2.75) is 19.9 Å². The summed E-state index contributed by atoms with van der Waals surface area (Å²) in [6.45, 7) is 3.85. The molecule has 1 heterocycles. The fourth-order valence-corrected chi connectivity index (χ4v) is 3.59. The highest BCUT2D eigenvalue weighted by molar-refractivity contribution is 7.80. The van der Waals surface area contributed by atoms with Gasteiger partial charge in [-0.1, -0.05) is 54.1 Å². The average Bonchev–Trinajstić information content (AvgIpc) is 2.72. The smallest absolute Gasteiger partial charge is 0.338 e. The molecule has 7 heteroatoms. The number of carbonyl (C=O) groups is 2. The molecule has 0 radical (unpaired) electrons. The second-order valence-electron chi connectivity index (χ2n) is 6.67. The van der Waals surface area contributed by atoms with Crippen molar-refractivity contribution in [1.29, 1.82) is 0 Å². The number of nitrogens with one attached hydrogen (secondary N) is 2. The van der Waals surface area contributed by atoms with E-state index in [4.69, 9.17) is 28.6 Å². The summed E-state index contributed by atoms with van der Waals surface area (Å²) in [5.74, 6) is -0.520. The third-order valence-corrected chi connectivity index (χ3v) is 5.03. The minimum absolute atomic E-state index is 0.130. The van der Waals surface area contributed by atoms with Crippen molar-refractivity contribution in [2.24, 2.45) is 0 Å². The topological polar surface area (TPSA) is 67.4 Å². The largest absolute Gasteiger partial charge is 0.463 e. The van der Waals surface area contributed by atoms with Crippen molar-refractivity contribution in [3.05, 3.63) is 87.6 Å². The van der Waals surface area contributed by atoms with E-state index in [9.17, 15) is 9.59 Å². The molecular formula is C23H21ClN2O3S. The van der Waals surface area contributed by atoms with Gasteiger partial charge in [0.1, 0.15) is 0 Å². The van der Waals surface area contributed by atoms with Gasteiger partial charge in [-0.05, 0) is 55.4 Å². The highest BCUT2D eigenvalue weighted by Gasteiger charge is 2.30. The molecule has 1 aliphatic rings. The lowest BCUT2D eigenvalue weighted by Crippen LogP contribution is -2.45. The number of benzene rings is 2. The summed E-state index contributed by atoms with van der Waals surface area (Å²) in [6.07, 6.45) is 3.24. The van der Waals surface area contributed by atoms with Gasteiger partial charge in [0, 0.05) is 16.3 Å².